The number of benzene rings is 1. The highest BCUT2D eigenvalue weighted by atomic mass is 16.5. The number of hydrogen-bond acceptors (Lipinski definition) is 6. The van der Waals surface area contributed by atoms with Gasteiger partial charge in [-0.1, -0.05) is 18.2 Å². The van der Waals surface area contributed by atoms with Crippen molar-refractivity contribution < 1.29 is 19.1 Å². The number of fused-ring (bicyclic) bond motifs is 1. The van der Waals surface area contributed by atoms with E-state index in [1.807, 2.05) is 0 Å². The fourth-order valence-corrected chi connectivity index (χ4v) is 2.98. The van der Waals surface area contributed by atoms with Gasteiger partial charge in [-0.3, -0.25) is 18.8 Å². The third kappa shape index (κ3) is 4.83. The van der Waals surface area contributed by atoms with Crippen LogP contribution in [0.3, 0.4) is 0 Å². The Kier molecular flexibility index (Phi) is 6.46. The van der Waals surface area contributed by atoms with Crippen LogP contribution in [0.5, 0.6) is 5.75 Å². The van der Waals surface area contributed by atoms with Crippen molar-refractivity contribution in [3.8, 4) is 5.75 Å². The standard InChI is InChI=1S/C22H23N3O5/c1-14(2)30-20(26)12-18(15-7-9-16(29-3)10-8-15)24-21(27)17-13-23-19-6-4-5-11-25(19)22(17)28/h4-11,13-14,18H,12H2,1-3H3,(H,24,27)/t18-/m0/s1. The molecular formula is C22H23N3O5. The Bertz CT molecular complexity index is 1110. The Labute approximate surface area is 173 Å². The van der Waals surface area contributed by atoms with Crippen LogP contribution in [0.1, 0.15) is 42.2 Å². The third-order valence-electron chi connectivity index (χ3n) is 4.42. The van der Waals surface area contributed by atoms with Crippen molar-refractivity contribution in [2.24, 2.45) is 0 Å². The molecule has 0 aliphatic carbocycles. The highest BCUT2D eigenvalue weighted by molar-refractivity contribution is 5.94. The van der Waals surface area contributed by atoms with Crippen LogP contribution in [0.2, 0.25) is 0 Å². The molecule has 30 heavy (non-hydrogen) atoms. The molecule has 2 heterocycles. The number of nitrogens with one attached hydrogen (secondary N) is 1. The molecule has 3 rings (SSSR count). The van der Waals surface area contributed by atoms with Gasteiger partial charge in [0.2, 0.25) is 0 Å². The number of amides is 1. The van der Waals surface area contributed by atoms with Crippen molar-refractivity contribution in [1.29, 1.82) is 0 Å². The molecule has 2 aromatic heterocycles. The Morgan fingerprint density at radius 1 is 1.13 bits per heavy atom. The molecule has 1 aromatic carbocycles. The first-order valence-corrected chi connectivity index (χ1v) is 9.49. The third-order valence-corrected chi connectivity index (χ3v) is 4.42. The second-order valence-electron chi connectivity index (χ2n) is 6.95. The molecule has 1 amide bonds. The van der Waals surface area contributed by atoms with Gasteiger partial charge in [0.25, 0.3) is 11.5 Å². The van der Waals surface area contributed by atoms with Gasteiger partial charge >= 0.3 is 5.97 Å². The smallest absolute Gasteiger partial charge is 0.308 e. The molecule has 1 atom stereocenters. The maximum Gasteiger partial charge on any atom is 0.308 e. The number of esters is 1. The topological polar surface area (TPSA) is 99.0 Å². The second kappa shape index (κ2) is 9.21. The molecule has 3 aromatic rings. The van der Waals surface area contributed by atoms with Crippen molar-refractivity contribution in [3.63, 3.8) is 0 Å². The molecule has 8 heteroatoms. The van der Waals surface area contributed by atoms with Crippen LogP contribution in [0.4, 0.5) is 0 Å². The summed E-state index contributed by atoms with van der Waals surface area (Å²) in [6.07, 6.45) is 2.42. The summed E-state index contributed by atoms with van der Waals surface area (Å²) >= 11 is 0. The molecular weight excluding hydrogens is 386 g/mol. The predicted octanol–water partition coefficient (Wildman–Crippen LogP) is 2.52. The molecule has 0 unspecified atom stereocenters. The molecule has 8 nitrogen and oxygen atoms in total. The maximum absolute atomic E-state index is 12.9. The monoisotopic (exact) mass is 409 g/mol. The van der Waals surface area contributed by atoms with Crippen molar-refractivity contribution in [1.82, 2.24) is 14.7 Å². The number of rotatable bonds is 7. The Morgan fingerprint density at radius 2 is 1.87 bits per heavy atom. The lowest BCUT2D eigenvalue weighted by Gasteiger charge is -2.19. The van der Waals surface area contributed by atoms with Crippen LogP contribution >= 0.6 is 0 Å². The average molecular weight is 409 g/mol. The summed E-state index contributed by atoms with van der Waals surface area (Å²) in [5.74, 6) is -0.436. The highest BCUT2D eigenvalue weighted by Gasteiger charge is 2.23. The largest absolute Gasteiger partial charge is 0.497 e. The van der Waals surface area contributed by atoms with Crippen LogP contribution in [0.25, 0.3) is 5.65 Å². The number of carbonyl (C=O) groups is 2. The zero-order chi connectivity index (χ0) is 21.7. The van der Waals surface area contributed by atoms with Crippen LogP contribution in [-0.4, -0.2) is 34.5 Å². The first-order valence-electron chi connectivity index (χ1n) is 9.49. The quantitative estimate of drug-likeness (QED) is 0.602. The lowest BCUT2D eigenvalue weighted by molar-refractivity contribution is -0.147. The Morgan fingerprint density at radius 3 is 2.53 bits per heavy atom. The SMILES string of the molecule is COc1ccc([C@H](CC(=O)OC(C)C)NC(=O)c2cnc3ccccn3c2=O)cc1. The molecule has 0 aliphatic heterocycles. The fraction of sp³-hybridized carbons (Fsp3) is 0.273. The van der Waals surface area contributed by atoms with Gasteiger partial charge in [0.1, 0.15) is 17.0 Å². The van der Waals surface area contributed by atoms with Gasteiger partial charge in [-0.2, -0.15) is 0 Å². The Balaban J connectivity index is 1.89. The number of ether oxygens (including phenoxy) is 2. The lowest BCUT2D eigenvalue weighted by atomic mass is 10.0. The lowest BCUT2D eigenvalue weighted by Crippen LogP contribution is -2.35. The average Bonchev–Trinajstić information content (AvgIpc) is 2.73. The summed E-state index contributed by atoms with van der Waals surface area (Å²) in [5.41, 5.74) is 0.510. The van der Waals surface area contributed by atoms with Crippen LogP contribution in [0.15, 0.2) is 59.7 Å². The van der Waals surface area contributed by atoms with Crippen LogP contribution in [0, 0.1) is 0 Å². The summed E-state index contributed by atoms with van der Waals surface area (Å²) in [5, 5.41) is 2.76. The van der Waals surface area contributed by atoms with E-state index >= 15 is 0 Å². The highest BCUT2D eigenvalue weighted by Crippen LogP contribution is 2.21. The molecule has 0 saturated carbocycles. The normalized spacial score (nSPS) is 11.9. The molecule has 0 bridgehead atoms. The number of hydrogen-bond donors (Lipinski definition) is 1. The van der Waals surface area contributed by atoms with Crippen molar-refractivity contribution >= 4 is 17.5 Å². The number of nitrogens with zero attached hydrogens (tertiary/aromatic N) is 2. The van der Waals surface area contributed by atoms with E-state index in [4.69, 9.17) is 9.47 Å². The summed E-state index contributed by atoms with van der Waals surface area (Å²) in [4.78, 5) is 42.0. The zero-order valence-corrected chi connectivity index (χ0v) is 17.0. The summed E-state index contributed by atoms with van der Waals surface area (Å²) in [6, 6.07) is 11.4. The van der Waals surface area contributed by atoms with E-state index in [0.717, 1.165) is 0 Å². The molecule has 0 saturated heterocycles. The minimum Gasteiger partial charge on any atom is -0.497 e. The molecule has 0 aliphatic rings. The van der Waals surface area contributed by atoms with Gasteiger partial charge in [0.05, 0.1) is 25.7 Å². The van der Waals surface area contributed by atoms with E-state index in [0.29, 0.717) is 17.0 Å². The molecule has 0 fully saturated rings. The van der Waals surface area contributed by atoms with Crippen molar-refractivity contribution in [3.05, 3.63) is 76.3 Å². The minimum atomic E-state index is -0.689. The fourth-order valence-electron chi connectivity index (χ4n) is 2.98. The minimum absolute atomic E-state index is 0.0847. The number of carbonyl (C=O) groups excluding carboxylic acids is 2. The number of methoxy groups -OCH3 is 1. The van der Waals surface area contributed by atoms with E-state index in [1.54, 1.807) is 69.6 Å². The van der Waals surface area contributed by atoms with E-state index < -0.39 is 23.5 Å². The molecule has 156 valence electrons. The first-order chi connectivity index (χ1) is 14.4. The van der Waals surface area contributed by atoms with Gasteiger partial charge in [-0.05, 0) is 43.7 Å². The van der Waals surface area contributed by atoms with E-state index in [-0.39, 0.29) is 18.1 Å². The van der Waals surface area contributed by atoms with Crippen LogP contribution < -0.4 is 15.6 Å². The maximum atomic E-state index is 12.9. The number of pyridine rings is 1. The van der Waals surface area contributed by atoms with Crippen LogP contribution in [-0.2, 0) is 9.53 Å². The predicted molar refractivity (Wildman–Crippen MR) is 111 cm³/mol. The first kappa shape index (κ1) is 21.0. The molecule has 0 spiro atoms. The van der Waals surface area contributed by atoms with Gasteiger partial charge < -0.3 is 14.8 Å². The second-order valence-corrected chi connectivity index (χ2v) is 6.95. The van der Waals surface area contributed by atoms with Crippen molar-refractivity contribution in [2.75, 3.05) is 7.11 Å². The van der Waals surface area contributed by atoms with Gasteiger partial charge in [-0.15, -0.1) is 0 Å². The zero-order valence-electron chi connectivity index (χ0n) is 17.0. The number of aromatic nitrogens is 2. The van der Waals surface area contributed by atoms with Gasteiger partial charge in [-0.25, -0.2) is 4.98 Å². The molecule has 1 N–H and O–H groups in total. The van der Waals surface area contributed by atoms with E-state index in [2.05, 4.69) is 10.3 Å². The summed E-state index contributed by atoms with van der Waals surface area (Å²) in [6.45, 7) is 3.50. The summed E-state index contributed by atoms with van der Waals surface area (Å²) in [7, 11) is 1.55. The van der Waals surface area contributed by atoms with Gasteiger partial charge in [0.15, 0.2) is 0 Å². The Hall–Kier alpha value is -3.68. The molecule has 0 radical (unpaired) electrons. The van der Waals surface area contributed by atoms with Gasteiger partial charge in [0, 0.05) is 12.4 Å². The van der Waals surface area contributed by atoms with E-state index in [9.17, 15) is 14.4 Å². The van der Waals surface area contributed by atoms with E-state index in [1.165, 1.54) is 10.6 Å². The van der Waals surface area contributed by atoms with Crippen molar-refractivity contribution in [2.45, 2.75) is 32.4 Å². The summed E-state index contributed by atoms with van der Waals surface area (Å²) < 4.78 is 11.7.